The Hall–Kier alpha value is -1.000. The number of hydrogen-bond donors (Lipinski definition) is 1. The number of carboxylic acids is 1. The Labute approximate surface area is 135 Å². The molecule has 0 atom stereocenters. The quantitative estimate of drug-likeness (QED) is 0.626. The van der Waals surface area contributed by atoms with Gasteiger partial charge in [0.15, 0.2) is 0 Å². The molecule has 1 N–H and O–H groups in total. The lowest BCUT2D eigenvalue weighted by Gasteiger charge is -2.09. The van der Waals surface area contributed by atoms with Crippen molar-refractivity contribution >= 4 is 52.4 Å². The number of hydrogen-bond acceptors (Lipinski definition) is 2. The van der Waals surface area contributed by atoms with E-state index in [1.807, 2.05) is 0 Å². The van der Waals surface area contributed by atoms with Gasteiger partial charge in [0.2, 0.25) is 0 Å². The Balaban J connectivity index is 2.49. The highest BCUT2D eigenvalue weighted by molar-refractivity contribution is 6.49. The molecule has 0 aliphatic rings. The highest BCUT2D eigenvalue weighted by atomic mass is 35.5. The van der Waals surface area contributed by atoms with E-state index in [-0.39, 0.29) is 21.6 Å². The minimum atomic E-state index is -0.978. The van der Waals surface area contributed by atoms with Gasteiger partial charge in [0.25, 0.3) is 0 Å². The van der Waals surface area contributed by atoms with Crippen molar-refractivity contribution in [2.24, 2.45) is 0 Å². The van der Waals surface area contributed by atoms with Crippen LogP contribution >= 0.6 is 46.4 Å². The molecule has 0 fully saturated rings. The topological polar surface area (TPSA) is 50.2 Å². The van der Waals surface area contributed by atoms with Crippen LogP contribution < -0.4 is 0 Å². The summed E-state index contributed by atoms with van der Waals surface area (Å²) < 4.78 is 0. The average molecular weight is 351 g/mol. The zero-order valence-corrected chi connectivity index (χ0v) is 12.9. The summed E-state index contributed by atoms with van der Waals surface area (Å²) >= 11 is 24.1. The summed E-state index contributed by atoms with van der Waals surface area (Å²) in [6, 6.07) is 6.51. The molecule has 104 valence electrons. The van der Waals surface area contributed by atoms with Crippen LogP contribution in [-0.4, -0.2) is 16.1 Å². The Morgan fingerprint density at radius 1 is 1.00 bits per heavy atom. The number of halogens is 4. The maximum Gasteiger partial charge on any atom is 0.309 e. The van der Waals surface area contributed by atoms with Crippen LogP contribution in [0.5, 0.6) is 0 Å². The molecule has 0 unspecified atom stereocenters. The lowest BCUT2D eigenvalue weighted by molar-refractivity contribution is -0.136. The molecule has 0 saturated carbocycles. The van der Waals surface area contributed by atoms with Gasteiger partial charge >= 0.3 is 5.97 Å². The summed E-state index contributed by atoms with van der Waals surface area (Å²) in [6.07, 6.45) is -0.199. The van der Waals surface area contributed by atoms with E-state index in [9.17, 15) is 4.79 Å². The zero-order chi connectivity index (χ0) is 14.9. The van der Waals surface area contributed by atoms with E-state index >= 15 is 0 Å². The second-order valence-corrected chi connectivity index (χ2v) is 5.46. The van der Waals surface area contributed by atoms with Crippen molar-refractivity contribution in [2.75, 3.05) is 0 Å². The highest BCUT2D eigenvalue weighted by Gasteiger charge is 2.14. The summed E-state index contributed by atoms with van der Waals surface area (Å²) in [5, 5.41) is 9.72. The highest BCUT2D eigenvalue weighted by Crippen LogP contribution is 2.39. The van der Waals surface area contributed by atoms with Crippen molar-refractivity contribution in [1.29, 1.82) is 0 Å². The van der Waals surface area contributed by atoms with Crippen LogP contribution in [-0.2, 0) is 11.2 Å². The largest absolute Gasteiger partial charge is 0.481 e. The zero-order valence-electron chi connectivity index (χ0n) is 9.83. The van der Waals surface area contributed by atoms with Gasteiger partial charge in [0.1, 0.15) is 5.15 Å². The third-order valence-corrected chi connectivity index (χ3v) is 4.15. The molecule has 20 heavy (non-hydrogen) atoms. The number of benzene rings is 1. The molecule has 0 amide bonds. The summed E-state index contributed by atoms with van der Waals surface area (Å²) in [5.74, 6) is -0.978. The molecular formula is C13H7Cl4NO2. The van der Waals surface area contributed by atoms with Crippen LogP contribution in [0.3, 0.4) is 0 Å². The van der Waals surface area contributed by atoms with Gasteiger partial charge in [-0.05, 0) is 18.2 Å². The second-order valence-electron chi connectivity index (χ2n) is 3.93. The molecule has 2 rings (SSSR count). The smallest absolute Gasteiger partial charge is 0.309 e. The number of rotatable bonds is 3. The van der Waals surface area contributed by atoms with E-state index in [0.29, 0.717) is 21.8 Å². The van der Waals surface area contributed by atoms with Crippen LogP contribution in [0.2, 0.25) is 20.2 Å². The third-order valence-electron chi connectivity index (χ3n) is 2.56. The standard InChI is InChI=1S/C13H7Cl4NO2/c14-9-4-3-7(11(15)12(9)16)8-2-1-6(5-10(19)20)18-13(8)17/h1-4H,5H2,(H,19,20). The van der Waals surface area contributed by atoms with Crippen LogP contribution in [0.4, 0.5) is 0 Å². The molecule has 3 nitrogen and oxygen atoms in total. The molecule has 7 heteroatoms. The SMILES string of the molecule is O=C(O)Cc1ccc(-c2ccc(Cl)c(Cl)c2Cl)c(Cl)n1. The van der Waals surface area contributed by atoms with Crippen molar-refractivity contribution in [2.45, 2.75) is 6.42 Å². The number of aliphatic carboxylic acids is 1. The van der Waals surface area contributed by atoms with Gasteiger partial charge < -0.3 is 5.11 Å². The van der Waals surface area contributed by atoms with Gasteiger partial charge in [0.05, 0.1) is 27.2 Å². The summed E-state index contributed by atoms with van der Waals surface area (Å²) in [7, 11) is 0. The minimum absolute atomic E-state index is 0.157. The summed E-state index contributed by atoms with van der Waals surface area (Å²) in [5.41, 5.74) is 1.51. The number of nitrogens with zero attached hydrogens (tertiary/aromatic N) is 1. The van der Waals surface area contributed by atoms with E-state index < -0.39 is 5.97 Å². The first kappa shape index (κ1) is 15.4. The van der Waals surface area contributed by atoms with E-state index in [1.165, 1.54) is 0 Å². The predicted octanol–water partition coefficient (Wildman–Crippen LogP) is 4.99. The van der Waals surface area contributed by atoms with Gasteiger partial charge in [-0.15, -0.1) is 0 Å². The van der Waals surface area contributed by atoms with E-state index in [2.05, 4.69) is 4.98 Å². The fourth-order valence-electron chi connectivity index (χ4n) is 1.66. The lowest BCUT2D eigenvalue weighted by Crippen LogP contribution is -2.02. The fraction of sp³-hybridized carbons (Fsp3) is 0.0769. The van der Waals surface area contributed by atoms with Crippen molar-refractivity contribution in [3.05, 3.63) is 50.2 Å². The van der Waals surface area contributed by atoms with Crippen molar-refractivity contribution in [3.8, 4) is 11.1 Å². The normalized spacial score (nSPS) is 10.6. The van der Waals surface area contributed by atoms with Gasteiger partial charge in [0, 0.05) is 11.1 Å². The predicted molar refractivity (Wildman–Crippen MR) is 81.1 cm³/mol. The Morgan fingerprint density at radius 2 is 1.65 bits per heavy atom. The summed E-state index contributed by atoms with van der Waals surface area (Å²) in [4.78, 5) is 14.7. The monoisotopic (exact) mass is 349 g/mol. The molecular weight excluding hydrogens is 344 g/mol. The molecule has 0 saturated heterocycles. The molecule has 1 aromatic carbocycles. The van der Waals surface area contributed by atoms with Crippen molar-refractivity contribution in [3.63, 3.8) is 0 Å². The maximum atomic E-state index is 10.6. The van der Waals surface area contributed by atoms with Crippen molar-refractivity contribution < 1.29 is 9.90 Å². The molecule has 1 aromatic heterocycles. The first-order chi connectivity index (χ1) is 9.40. The van der Waals surface area contributed by atoms with E-state index in [0.717, 1.165) is 0 Å². The van der Waals surface area contributed by atoms with Crippen LogP contribution in [0.1, 0.15) is 5.69 Å². The van der Waals surface area contributed by atoms with Crippen molar-refractivity contribution in [1.82, 2.24) is 4.98 Å². The second kappa shape index (κ2) is 6.19. The first-order valence-corrected chi connectivity index (χ1v) is 6.92. The van der Waals surface area contributed by atoms with Crippen LogP contribution in [0.25, 0.3) is 11.1 Å². The van der Waals surface area contributed by atoms with Gasteiger partial charge in [-0.3, -0.25) is 4.79 Å². The Kier molecular flexibility index (Phi) is 4.76. The van der Waals surface area contributed by atoms with Crippen LogP contribution in [0, 0.1) is 0 Å². The molecule has 0 aliphatic carbocycles. The molecule has 0 bridgehead atoms. The van der Waals surface area contributed by atoms with E-state index in [4.69, 9.17) is 51.5 Å². The van der Waals surface area contributed by atoms with Gasteiger partial charge in [-0.25, -0.2) is 4.98 Å². The van der Waals surface area contributed by atoms with Crippen LogP contribution in [0.15, 0.2) is 24.3 Å². The molecule has 0 radical (unpaired) electrons. The number of carboxylic acid groups (broad SMARTS) is 1. The Morgan fingerprint density at radius 3 is 2.25 bits per heavy atom. The summed E-state index contributed by atoms with van der Waals surface area (Å²) in [6.45, 7) is 0. The molecule has 1 heterocycles. The molecule has 0 aliphatic heterocycles. The first-order valence-electron chi connectivity index (χ1n) is 5.41. The fourth-order valence-corrected chi connectivity index (χ4v) is 2.57. The molecule has 0 spiro atoms. The van der Waals surface area contributed by atoms with Gasteiger partial charge in [-0.1, -0.05) is 52.5 Å². The van der Waals surface area contributed by atoms with E-state index in [1.54, 1.807) is 24.3 Å². The maximum absolute atomic E-state index is 10.6. The molecule has 2 aromatic rings. The number of aromatic nitrogens is 1. The third kappa shape index (κ3) is 3.18. The number of pyridine rings is 1. The number of carbonyl (C=O) groups is 1. The average Bonchev–Trinajstić information content (AvgIpc) is 2.37. The van der Waals surface area contributed by atoms with Gasteiger partial charge in [-0.2, -0.15) is 0 Å². The lowest BCUT2D eigenvalue weighted by atomic mass is 10.1. The Bertz CT molecular complexity index is 688. The minimum Gasteiger partial charge on any atom is -0.481 e.